The predicted molar refractivity (Wildman–Crippen MR) is 106 cm³/mol. The Hall–Kier alpha value is -2.34. The van der Waals surface area contributed by atoms with Gasteiger partial charge in [0.25, 0.3) is 0 Å². The quantitative estimate of drug-likeness (QED) is 0.849. The van der Waals surface area contributed by atoms with Crippen molar-refractivity contribution in [3.8, 4) is 5.75 Å². The smallest absolute Gasteiger partial charge is 0.217 e. The van der Waals surface area contributed by atoms with E-state index >= 15 is 0 Å². The van der Waals surface area contributed by atoms with Gasteiger partial charge in [0.05, 0.1) is 31.6 Å². The fourth-order valence-corrected chi connectivity index (χ4v) is 3.60. The Balaban J connectivity index is 1.73. The molecular weight excluding hydrogens is 340 g/mol. The van der Waals surface area contributed by atoms with Gasteiger partial charge in [-0.2, -0.15) is 5.10 Å². The van der Waals surface area contributed by atoms with E-state index in [1.165, 1.54) is 29.3 Å². The number of aryl methyl sites for hydroxylation is 1. The normalized spacial score (nSPS) is 14.3. The molecule has 27 heavy (non-hydrogen) atoms. The van der Waals surface area contributed by atoms with E-state index in [1.807, 2.05) is 0 Å². The maximum absolute atomic E-state index is 11.1. The molecule has 0 spiro atoms. The summed E-state index contributed by atoms with van der Waals surface area (Å²) < 4.78 is 7.63. The van der Waals surface area contributed by atoms with Crippen LogP contribution in [0, 0.1) is 6.92 Å². The van der Waals surface area contributed by atoms with Crippen LogP contribution in [0.4, 0.5) is 0 Å². The monoisotopic (exact) mass is 370 g/mol. The molecule has 1 aromatic carbocycles. The van der Waals surface area contributed by atoms with Gasteiger partial charge in [-0.1, -0.05) is 19.9 Å². The van der Waals surface area contributed by atoms with Gasteiger partial charge in [-0.15, -0.1) is 0 Å². The van der Waals surface area contributed by atoms with Crippen LogP contribution in [-0.2, 0) is 31.0 Å². The number of methoxy groups -OCH3 is 1. The highest BCUT2D eigenvalue weighted by Crippen LogP contribution is 2.30. The second kappa shape index (κ2) is 8.13. The number of benzene rings is 1. The standard InChI is InChI=1S/C21H30N4O2/c1-14(2)20-9-17(15(3)8-21(20)27-5)12-24-6-7-25-19(13-24)10-18(23-25)11-22-16(4)26/h8-10,14H,6-7,11-13H2,1-5H3,(H,22,26). The van der Waals surface area contributed by atoms with Crippen molar-refractivity contribution in [1.29, 1.82) is 0 Å². The van der Waals surface area contributed by atoms with Crippen molar-refractivity contribution in [2.75, 3.05) is 13.7 Å². The van der Waals surface area contributed by atoms with Crippen LogP contribution < -0.4 is 10.1 Å². The Bertz CT molecular complexity index is 826. The molecule has 0 saturated heterocycles. The average Bonchev–Trinajstić information content (AvgIpc) is 3.03. The van der Waals surface area contributed by atoms with Gasteiger partial charge in [-0.25, -0.2) is 0 Å². The summed E-state index contributed by atoms with van der Waals surface area (Å²) in [6.07, 6.45) is 0. The lowest BCUT2D eigenvalue weighted by molar-refractivity contribution is -0.119. The third-order valence-electron chi connectivity index (χ3n) is 5.15. The summed E-state index contributed by atoms with van der Waals surface area (Å²) in [5.74, 6) is 1.38. The van der Waals surface area contributed by atoms with E-state index < -0.39 is 0 Å². The zero-order valence-corrected chi connectivity index (χ0v) is 17.0. The number of nitrogens with zero attached hydrogens (tertiary/aromatic N) is 3. The van der Waals surface area contributed by atoms with Gasteiger partial charge >= 0.3 is 0 Å². The molecule has 146 valence electrons. The van der Waals surface area contributed by atoms with Crippen LogP contribution in [0.2, 0.25) is 0 Å². The number of hydrogen-bond donors (Lipinski definition) is 1. The highest BCUT2D eigenvalue weighted by Gasteiger charge is 2.20. The first-order valence-electron chi connectivity index (χ1n) is 9.57. The Labute approximate surface area is 161 Å². The van der Waals surface area contributed by atoms with Crippen LogP contribution in [0.3, 0.4) is 0 Å². The average molecular weight is 370 g/mol. The molecule has 2 aromatic rings. The van der Waals surface area contributed by atoms with Crippen LogP contribution in [0.25, 0.3) is 0 Å². The lowest BCUT2D eigenvalue weighted by Crippen LogP contribution is -2.33. The molecule has 0 aliphatic carbocycles. The summed E-state index contributed by atoms with van der Waals surface area (Å²) >= 11 is 0. The van der Waals surface area contributed by atoms with Gasteiger partial charge in [-0.3, -0.25) is 14.4 Å². The number of fused-ring (bicyclic) bond motifs is 1. The van der Waals surface area contributed by atoms with Gasteiger partial charge in [0, 0.05) is 26.6 Å². The van der Waals surface area contributed by atoms with Crippen LogP contribution >= 0.6 is 0 Å². The molecule has 0 unspecified atom stereocenters. The highest BCUT2D eigenvalue weighted by molar-refractivity contribution is 5.72. The highest BCUT2D eigenvalue weighted by atomic mass is 16.5. The van der Waals surface area contributed by atoms with Crippen molar-refractivity contribution in [2.24, 2.45) is 0 Å². The first kappa shape index (κ1) is 19.4. The topological polar surface area (TPSA) is 59.4 Å². The second-order valence-corrected chi connectivity index (χ2v) is 7.65. The third kappa shape index (κ3) is 4.50. The molecule has 0 fully saturated rings. The van der Waals surface area contributed by atoms with E-state index in [0.29, 0.717) is 12.5 Å². The molecule has 0 bridgehead atoms. The molecule has 6 nitrogen and oxygen atoms in total. The summed E-state index contributed by atoms with van der Waals surface area (Å²) in [4.78, 5) is 13.6. The largest absolute Gasteiger partial charge is 0.496 e. The molecule has 1 N–H and O–H groups in total. The summed E-state index contributed by atoms with van der Waals surface area (Å²) in [5, 5.41) is 7.42. The van der Waals surface area contributed by atoms with Gasteiger partial charge in [0.1, 0.15) is 5.75 Å². The number of rotatable bonds is 6. The fraction of sp³-hybridized carbons (Fsp3) is 0.524. The lowest BCUT2D eigenvalue weighted by atomic mass is 9.96. The summed E-state index contributed by atoms with van der Waals surface area (Å²) in [5.41, 5.74) is 6.01. The Morgan fingerprint density at radius 1 is 1.30 bits per heavy atom. The van der Waals surface area contributed by atoms with Gasteiger partial charge in [0.2, 0.25) is 5.91 Å². The van der Waals surface area contributed by atoms with Gasteiger partial charge < -0.3 is 10.1 Å². The molecule has 6 heteroatoms. The Kier molecular flexibility index (Phi) is 5.85. The van der Waals surface area contributed by atoms with Crippen molar-refractivity contribution in [3.63, 3.8) is 0 Å². The van der Waals surface area contributed by atoms with Gasteiger partial charge in [0.15, 0.2) is 0 Å². The maximum atomic E-state index is 11.1. The number of carbonyl (C=O) groups excluding carboxylic acids is 1. The van der Waals surface area contributed by atoms with Crippen molar-refractivity contribution in [3.05, 3.63) is 46.3 Å². The maximum Gasteiger partial charge on any atom is 0.217 e. The number of aromatic nitrogens is 2. The van der Waals surface area contributed by atoms with Crippen LogP contribution in [0.1, 0.15) is 54.8 Å². The first-order valence-corrected chi connectivity index (χ1v) is 9.57. The number of ether oxygens (including phenoxy) is 1. The first-order chi connectivity index (χ1) is 12.9. The van der Waals surface area contributed by atoms with Crippen LogP contribution in [0.5, 0.6) is 5.75 Å². The number of carbonyl (C=O) groups is 1. The lowest BCUT2D eigenvalue weighted by Gasteiger charge is -2.28. The predicted octanol–water partition coefficient (Wildman–Crippen LogP) is 2.98. The zero-order chi connectivity index (χ0) is 19.6. The fourth-order valence-electron chi connectivity index (χ4n) is 3.60. The molecule has 1 amide bonds. The van der Waals surface area contributed by atoms with Crippen molar-refractivity contribution in [2.45, 2.75) is 59.8 Å². The minimum absolute atomic E-state index is 0.0291. The molecule has 0 radical (unpaired) electrons. The van der Waals surface area contributed by atoms with E-state index in [4.69, 9.17) is 4.74 Å². The van der Waals surface area contributed by atoms with E-state index in [2.05, 4.69) is 59.0 Å². The minimum atomic E-state index is -0.0291. The summed E-state index contributed by atoms with van der Waals surface area (Å²) in [6, 6.07) is 6.56. The zero-order valence-electron chi connectivity index (χ0n) is 17.0. The number of hydrogen-bond acceptors (Lipinski definition) is 4. The Morgan fingerprint density at radius 2 is 2.07 bits per heavy atom. The van der Waals surface area contributed by atoms with Crippen LogP contribution in [-0.4, -0.2) is 34.2 Å². The van der Waals surface area contributed by atoms with Crippen molar-refractivity contribution >= 4 is 5.91 Å². The third-order valence-corrected chi connectivity index (χ3v) is 5.15. The molecule has 1 aromatic heterocycles. The molecule has 1 aliphatic rings. The Morgan fingerprint density at radius 3 is 2.74 bits per heavy atom. The molecule has 0 saturated carbocycles. The minimum Gasteiger partial charge on any atom is -0.496 e. The molecule has 1 aliphatic heterocycles. The molecule has 0 atom stereocenters. The van der Waals surface area contributed by atoms with E-state index in [0.717, 1.165) is 37.6 Å². The van der Waals surface area contributed by atoms with E-state index in [-0.39, 0.29) is 5.91 Å². The second-order valence-electron chi connectivity index (χ2n) is 7.65. The summed E-state index contributed by atoms with van der Waals surface area (Å²) in [7, 11) is 1.74. The van der Waals surface area contributed by atoms with Gasteiger partial charge in [-0.05, 0) is 41.7 Å². The number of amides is 1. The van der Waals surface area contributed by atoms with Crippen molar-refractivity contribution in [1.82, 2.24) is 20.0 Å². The number of nitrogens with one attached hydrogen (secondary N) is 1. The van der Waals surface area contributed by atoms with Crippen LogP contribution in [0.15, 0.2) is 18.2 Å². The van der Waals surface area contributed by atoms with E-state index in [9.17, 15) is 4.79 Å². The molecular formula is C21H30N4O2. The molecule has 3 rings (SSSR count). The SMILES string of the molecule is COc1cc(C)c(CN2CCn3nc(CNC(C)=O)cc3C2)cc1C(C)C. The molecule has 2 heterocycles. The summed E-state index contributed by atoms with van der Waals surface area (Å²) in [6.45, 7) is 12.2. The van der Waals surface area contributed by atoms with E-state index in [1.54, 1.807) is 7.11 Å². The van der Waals surface area contributed by atoms with Crippen molar-refractivity contribution < 1.29 is 9.53 Å².